The molecule has 0 bridgehead atoms. The van der Waals surface area contributed by atoms with Crippen molar-refractivity contribution >= 4 is 16.7 Å². The molecular weight excluding hydrogens is 357 g/mol. The van der Waals surface area contributed by atoms with Crippen molar-refractivity contribution < 1.29 is 4.39 Å². The van der Waals surface area contributed by atoms with Crippen molar-refractivity contribution in [3.05, 3.63) is 58.9 Å². The van der Waals surface area contributed by atoms with E-state index in [4.69, 9.17) is 0 Å². The Hall–Kier alpha value is -3.09. The molecule has 0 N–H and O–H groups in total. The summed E-state index contributed by atoms with van der Waals surface area (Å²) in [6.45, 7) is 2.21. The summed E-state index contributed by atoms with van der Waals surface area (Å²) in [5.74, 6) is 0.171. The molecule has 7 heteroatoms. The van der Waals surface area contributed by atoms with Crippen LogP contribution in [-0.2, 0) is 0 Å². The maximum absolute atomic E-state index is 13.2. The van der Waals surface area contributed by atoms with E-state index in [1.54, 1.807) is 22.8 Å². The SMILES string of the molecule is C[C@@H]1CCCC[C@@H]1n1ccc2c(nnc3c(-c4ccc(F)cc4)cnn32)c1=O. The lowest BCUT2D eigenvalue weighted by Gasteiger charge is -2.30. The molecule has 0 unspecified atom stereocenters. The number of aromatic nitrogens is 5. The molecule has 6 nitrogen and oxygen atoms in total. The van der Waals surface area contributed by atoms with Crippen molar-refractivity contribution in [3.63, 3.8) is 0 Å². The molecule has 3 heterocycles. The average molecular weight is 377 g/mol. The van der Waals surface area contributed by atoms with Crippen LogP contribution in [0.4, 0.5) is 4.39 Å². The molecule has 142 valence electrons. The fraction of sp³-hybridized carbons (Fsp3) is 0.333. The molecule has 1 aliphatic carbocycles. The molecule has 4 aromatic rings. The Balaban J connectivity index is 1.66. The molecule has 28 heavy (non-hydrogen) atoms. The van der Waals surface area contributed by atoms with Crippen LogP contribution in [0, 0.1) is 11.7 Å². The Kier molecular flexibility index (Phi) is 3.96. The van der Waals surface area contributed by atoms with Crippen molar-refractivity contribution in [1.82, 2.24) is 24.4 Å². The van der Waals surface area contributed by atoms with Crippen molar-refractivity contribution in [3.8, 4) is 11.1 Å². The van der Waals surface area contributed by atoms with Gasteiger partial charge in [0, 0.05) is 17.8 Å². The molecule has 3 aromatic heterocycles. The van der Waals surface area contributed by atoms with Gasteiger partial charge >= 0.3 is 0 Å². The van der Waals surface area contributed by atoms with Gasteiger partial charge in [-0.3, -0.25) is 4.79 Å². The highest BCUT2D eigenvalue weighted by Gasteiger charge is 2.25. The van der Waals surface area contributed by atoms with E-state index in [9.17, 15) is 9.18 Å². The second-order valence-electron chi connectivity index (χ2n) is 7.59. The number of fused-ring (bicyclic) bond motifs is 3. The predicted molar refractivity (Wildman–Crippen MR) is 105 cm³/mol. The van der Waals surface area contributed by atoms with Gasteiger partial charge in [-0.15, -0.1) is 10.2 Å². The lowest BCUT2D eigenvalue weighted by atomic mass is 9.85. The molecule has 0 radical (unpaired) electrons. The second kappa shape index (κ2) is 6.51. The highest BCUT2D eigenvalue weighted by atomic mass is 19.1. The molecule has 1 saturated carbocycles. The van der Waals surface area contributed by atoms with Crippen LogP contribution >= 0.6 is 0 Å². The van der Waals surface area contributed by atoms with Crippen LogP contribution in [0.5, 0.6) is 0 Å². The van der Waals surface area contributed by atoms with Crippen molar-refractivity contribution in [1.29, 1.82) is 0 Å². The number of hydrogen-bond donors (Lipinski definition) is 0. The first-order valence-electron chi connectivity index (χ1n) is 9.64. The fourth-order valence-electron chi connectivity index (χ4n) is 4.31. The summed E-state index contributed by atoms with van der Waals surface area (Å²) in [6, 6.07) is 8.26. The molecule has 1 fully saturated rings. The molecule has 0 spiro atoms. The summed E-state index contributed by atoms with van der Waals surface area (Å²) in [5, 5.41) is 12.9. The Morgan fingerprint density at radius 3 is 2.64 bits per heavy atom. The summed E-state index contributed by atoms with van der Waals surface area (Å²) in [4.78, 5) is 13.1. The van der Waals surface area contributed by atoms with E-state index in [0.29, 0.717) is 22.6 Å². The second-order valence-corrected chi connectivity index (χ2v) is 7.59. The summed E-state index contributed by atoms with van der Waals surface area (Å²) >= 11 is 0. The molecule has 5 rings (SSSR count). The number of nitrogens with zero attached hydrogens (tertiary/aromatic N) is 5. The first-order valence-corrected chi connectivity index (χ1v) is 9.64. The largest absolute Gasteiger partial charge is 0.310 e. The summed E-state index contributed by atoms with van der Waals surface area (Å²) in [6.07, 6.45) is 8.05. The third-order valence-electron chi connectivity index (χ3n) is 5.87. The van der Waals surface area contributed by atoms with Crippen LogP contribution in [0.25, 0.3) is 27.8 Å². The summed E-state index contributed by atoms with van der Waals surface area (Å²) in [7, 11) is 0. The van der Waals surface area contributed by atoms with E-state index >= 15 is 0 Å². The van der Waals surface area contributed by atoms with Gasteiger partial charge in [-0.2, -0.15) is 5.10 Å². The zero-order valence-corrected chi connectivity index (χ0v) is 15.5. The van der Waals surface area contributed by atoms with Crippen LogP contribution in [0.2, 0.25) is 0 Å². The number of pyridine rings is 1. The molecule has 1 aliphatic rings. The molecule has 0 aliphatic heterocycles. The Morgan fingerprint density at radius 2 is 1.86 bits per heavy atom. The van der Waals surface area contributed by atoms with Gasteiger partial charge in [0.15, 0.2) is 11.2 Å². The quantitative estimate of drug-likeness (QED) is 0.530. The average Bonchev–Trinajstić information content (AvgIpc) is 3.14. The molecular formula is C21H20FN5O. The number of hydrogen-bond acceptors (Lipinski definition) is 4. The lowest BCUT2D eigenvalue weighted by molar-refractivity contribution is 0.253. The van der Waals surface area contributed by atoms with Crippen molar-refractivity contribution in [2.45, 2.75) is 38.6 Å². The fourth-order valence-corrected chi connectivity index (χ4v) is 4.31. The normalized spacial score (nSPS) is 20.1. The Labute approximate surface area is 160 Å². The van der Waals surface area contributed by atoms with E-state index in [0.717, 1.165) is 30.4 Å². The van der Waals surface area contributed by atoms with Gasteiger partial charge in [-0.1, -0.05) is 31.9 Å². The number of benzene rings is 1. The molecule has 0 saturated heterocycles. The van der Waals surface area contributed by atoms with Gasteiger partial charge in [-0.25, -0.2) is 8.91 Å². The van der Waals surface area contributed by atoms with Crippen molar-refractivity contribution in [2.24, 2.45) is 5.92 Å². The zero-order chi connectivity index (χ0) is 19.3. The van der Waals surface area contributed by atoms with Gasteiger partial charge in [0.25, 0.3) is 5.56 Å². The van der Waals surface area contributed by atoms with Crippen molar-refractivity contribution in [2.75, 3.05) is 0 Å². The predicted octanol–water partition coefficient (Wildman–Crippen LogP) is 4.00. The minimum absolute atomic E-state index is 0.121. The van der Waals surface area contributed by atoms with Gasteiger partial charge in [0.05, 0.1) is 6.20 Å². The zero-order valence-electron chi connectivity index (χ0n) is 15.5. The van der Waals surface area contributed by atoms with Crippen LogP contribution in [-0.4, -0.2) is 24.4 Å². The first kappa shape index (κ1) is 17.0. The number of rotatable bonds is 2. The van der Waals surface area contributed by atoms with E-state index in [1.807, 2.05) is 16.8 Å². The third-order valence-corrected chi connectivity index (χ3v) is 5.87. The van der Waals surface area contributed by atoms with Gasteiger partial charge in [0.2, 0.25) is 0 Å². The Bertz CT molecular complexity index is 1230. The van der Waals surface area contributed by atoms with E-state index in [2.05, 4.69) is 22.2 Å². The van der Waals surface area contributed by atoms with Gasteiger partial charge in [-0.05, 0) is 42.5 Å². The smallest absolute Gasteiger partial charge is 0.280 e. The van der Waals surface area contributed by atoms with Gasteiger partial charge in [0.1, 0.15) is 11.3 Å². The minimum atomic E-state index is -0.297. The highest BCUT2D eigenvalue weighted by Crippen LogP contribution is 2.33. The Morgan fingerprint density at radius 1 is 1.07 bits per heavy atom. The summed E-state index contributed by atoms with van der Waals surface area (Å²) in [5.41, 5.74) is 2.92. The molecule has 0 amide bonds. The maximum Gasteiger partial charge on any atom is 0.280 e. The lowest BCUT2D eigenvalue weighted by Crippen LogP contribution is -2.31. The molecule has 1 aromatic carbocycles. The van der Waals surface area contributed by atoms with Crippen LogP contribution < -0.4 is 5.56 Å². The molecule has 2 atom stereocenters. The van der Waals surface area contributed by atoms with Crippen LogP contribution in [0.15, 0.2) is 47.5 Å². The van der Waals surface area contributed by atoms with Gasteiger partial charge < -0.3 is 4.57 Å². The topological polar surface area (TPSA) is 65.1 Å². The maximum atomic E-state index is 13.2. The highest BCUT2D eigenvalue weighted by molar-refractivity contribution is 5.82. The third kappa shape index (κ3) is 2.61. The minimum Gasteiger partial charge on any atom is -0.310 e. The standard InChI is InChI=1S/C21H20FN5O/c1-13-4-2-3-5-17(13)26-11-10-18-19(21(26)28)24-25-20-16(12-23-27(18)20)14-6-8-15(22)9-7-14/h6-13,17H,2-5H2,1H3/t13-,17+/m1/s1. The van der Waals surface area contributed by atoms with E-state index < -0.39 is 0 Å². The first-order chi connectivity index (χ1) is 13.6. The van der Waals surface area contributed by atoms with E-state index in [-0.39, 0.29) is 17.4 Å². The monoisotopic (exact) mass is 377 g/mol. The summed E-state index contributed by atoms with van der Waals surface area (Å²) < 4.78 is 16.7. The van der Waals surface area contributed by atoms with E-state index in [1.165, 1.54) is 18.6 Å². The van der Waals surface area contributed by atoms with Crippen LogP contribution in [0.1, 0.15) is 38.6 Å². The number of halogens is 1. The van der Waals surface area contributed by atoms with Crippen LogP contribution in [0.3, 0.4) is 0 Å².